The van der Waals surface area contributed by atoms with Crippen molar-refractivity contribution in [3.63, 3.8) is 0 Å². The summed E-state index contributed by atoms with van der Waals surface area (Å²) < 4.78 is 31.0. The van der Waals surface area contributed by atoms with E-state index in [1.807, 2.05) is 0 Å². The van der Waals surface area contributed by atoms with Crippen LogP contribution in [0.15, 0.2) is 0 Å². The van der Waals surface area contributed by atoms with Crippen molar-refractivity contribution in [1.29, 1.82) is 0 Å². The van der Waals surface area contributed by atoms with Gasteiger partial charge in [-0.05, 0) is 20.8 Å². The number of ether oxygens (including phenoxy) is 1. The molecule has 1 unspecified atom stereocenters. The first kappa shape index (κ1) is 12.2. The molecule has 2 N–H and O–H groups in total. The molecule has 0 spiro atoms. The Labute approximate surface area is 87.4 Å². The largest absolute Gasteiger partial charge is 0.444 e. The summed E-state index contributed by atoms with van der Waals surface area (Å²) in [5.74, 6) is -3.02. The number of amides is 1. The number of rotatable bonds is 0. The number of hydrogen-bond acceptors (Lipinski definition) is 3. The highest BCUT2D eigenvalue weighted by atomic mass is 19.3. The summed E-state index contributed by atoms with van der Waals surface area (Å²) in [6.07, 6.45) is -2.77. The second-order valence-electron chi connectivity index (χ2n) is 4.63. The molecule has 0 aromatic rings. The quantitative estimate of drug-likeness (QED) is 0.676. The van der Waals surface area contributed by atoms with Crippen LogP contribution in [-0.2, 0) is 4.74 Å². The van der Waals surface area contributed by atoms with Crippen LogP contribution in [-0.4, -0.2) is 35.2 Å². The highest BCUT2D eigenvalue weighted by Crippen LogP contribution is 2.31. The van der Waals surface area contributed by atoms with E-state index >= 15 is 0 Å². The SMILES string of the molecule is CC(C)(C)OC(=O)N1CCC(F)(F)C1N. The van der Waals surface area contributed by atoms with Crippen molar-refractivity contribution in [1.82, 2.24) is 4.90 Å². The van der Waals surface area contributed by atoms with Crippen LogP contribution in [0.25, 0.3) is 0 Å². The lowest BCUT2D eigenvalue weighted by molar-refractivity contribution is -0.0383. The molecule has 88 valence electrons. The van der Waals surface area contributed by atoms with Gasteiger partial charge in [-0.15, -0.1) is 0 Å². The Hall–Kier alpha value is -0.910. The summed E-state index contributed by atoms with van der Waals surface area (Å²) in [4.78, 5) is 12.3. The zero-order chi connectivity index (χ0) is 11.9. The van der Waals surface area contributed by atoms with E-state index in [-0.39, 0.29) is 6.54 Å². The molecule has 0 bridgehead atoms. The Balaban J connectivity index is 2.64. The van der Waals surface area contributed by atoms with E-state index in [0.29, 0.717) is 0 Å². The smallest absolute Gasteiger partial charge is 0.411 e. The summed E-state index contributed by atoms with van der Waals surface area (Å²) >= 11 is 0. The minimum absolute atomic E-state index is 0.0664. The van der Waals surface area contributed by atoms with Gasteiger partial charge in [0.25, 0.3) is 5.92 Å². The van der Waals surface area contributed by atoms with Gasteiger partial charge in [0.2, 0.25) is 0 Å². The first-order chi connectivity index (χ1) is 6.63. The molecule has 0 aromatic carbocycles. The molecule has 0 radical (unpaired) electrons. The van der Waals surface area contributed by atoms with Gasteiger partial charge in [-0.2, -0.15) is 0 Å². The van der Waals surface area contributed by atoms with Crippen LogP contribution in [0, 0.1) is 0 Å². The Kier molecular flexibility index (Phi) is 2.91. The Morgan fingerprint density at radius 3 is 2.40 bits per heavy atom. The van der Waals surface area contributed by atoms with Crippen molar-refractivity contribution in [2.45, 2.75) is 44.9 Å². The number of nitrogens with two attached hydrogens (primary N) is 1. The topological polar surface area (TPSA) is 55.6 Å². The lowest BCUT2D eigenvalue weighted by atomic mass is 10.2. The third-order valence-electron chi connectivity index (χ3n) is 2.08. The maximum absolute atomic E-state index is 13.0. The average molecular weight is 222 g/mol. The predicted molar refractivity (Wildman–Crippen MR) is 50.5 cm³/mol. The molecule has 1 heterocycles. The van der Waals surface area contributed by atoms with Crippen LogP contribution in [0.5, 0.6) is 0 Å². The van der Waals surface area contributed by atoms with E-state index in [2.05, 4.69) is 0 Å². The molecule has 4 nitrogen and oxygen atoms in total. The molecule has 0 aliphatic carbocycles. The summed E-state index contributed by atoms with van der Waals surface area (Å²) in [5, 5.41) is 0. The lowest BCUT2D eigenvalue weighted by Gasteiger charge is -2.27. The van der Waals surface area contributed by atoms with E-state index in [1.54, 1.807) is 20.8 Å². The highest BCUT2D eigenvalue weighted by Gasteiger charge is 2.49. The molecule has 1 saturated heterocycles. The third kappa shape index (κ3) is 2.77. The molecule has 1 amide bonds. The minimum atomic E-state index is -3.02. The van der Waals surface area contributed by atoms with Crippen molar-refractivity contribution < 1.29 is 18.3 Å². The van der Waals surface area contributed by atoms with Crippen LogP contribution < -0.4 is 5.73 Å². The molecule has 0 aromatic heterocycles. The van der Waals surface area contributed by atoms with Crippen molar-refractivity contribution in [3.05, 3.63) is 0 Å². The van der Waals surface area contributed by atoms with E-state index in [1.165, 1.54) is 0 Å². The lowest BCUT2D eigenvalue weighted by Crippen LogP contribution is -2.50. The number of hydrogen-bond donors (Lipinski definition) is 1. The van der Waals surface area contributed by atoms with Crippen LogP contribution in [0.3, 0.4) is 0 Å². The molecule has 1 fully saturated rings. The normalized spacial score (nSPS) is 25.5. The first-order valence-corrected chi connectivity index (χ1v) is 4.76. The minimum Gasteiger partial charge on any atom is -0.444 e. The molecule has 1 aliphatic heterocycles. The Bertz CT molecular complexity index is 263. The molecule has 0 saturated carbocycles. The standard InChI is InChI=1S/C9H16F2N2O2/c1-8(2,3)15-7(14)13-5-4-9(10,11)6(13)12/h6H,4-5,12H2,1-3H3. The van der Waals surface area contributed by atoms with E-state index in [4.69, 9.17) is 10.5 Å². The maximum atomic E-state index is 13.0. The Morgan fingerprint density at radius 1 is 1.53 bits per heavy atom. The number of carbonyl (C=O) groups is 1. The number of halogens is 2. The molecule has 1 rings (SSSR count). The maximum Gasteiger partial charge on any atom is 0.411 e. The van der Waals surface area contributed by atoms with Gasteiger partial charge in [0, 0.05) is 13.0 Å². The second kappa shape index (κ2) is 3.59. The zero-order valence-corrected chi connectivity index (χ0v) is 9.09. The van der Waals surface area contributed by atoms with Gasteiger partial charge in [-0.3, -0.25) is 4.90 Å². The van der Waals surface area contributed by atoms with E-state index < -0.39 is 30.2 Å². The van der Waals surface area contributed by atoms with Crippen LogP contribution >= 0.6 is 0 Å². The monoisotopic (exact) mass is 222 g/mol. The molecule has 6 heteroatoms. The van der Waals surface area contributed by atoms with Gasteiger partial charge in [0.15, 0.2) is 0 Å². The zero-order valence-electron chi connectivity index (χ0n) is 9.09. The van der Waals surface area contributed by atoms with E-state index in [0.717, 1.165) is 4.90 Å². The molecular weight excluding hydrogens is 206 g/mol. The first-order valence-electron chi connectivity index (χ1n) is 4.76. The summed E-state index contributed by atoms with van der Waals surface area (Å²) in [7, 11) is 0. The number of nitrogens with zero attached hydrogens (tertiary/aromatic N) is 1. The van der Waals surface area contributed by atoms with Crippen molar-refractivity contribution >= 4 is 6.09 Å². The molecule has 1 atom stereocenters. The van der Waals surface area contributed by atoms with Gasteiger partial charge < -0.3 is 10.5 Å². The van der Waals surface area contributed by atoms with Crippen molar-refractivity contribution in [2.24, 2.45) is 5.73 Å². The van der Waals surface area contributed by atoms with Gasteiger partial charge in [0.1, 0.15) is 11.8 Å². The summed E-state index contributed by atoms with van der Waals surface area (Å²) in [6.45, 7) is 4.95. The third-order valence-corrected chi connectivity index (χ3v) is 2.08. The summed E-state index contributed by atoms with van der Waals surface area (Å²) in [6, 6.07) is 0. The highest BCUT2D eigenvalue weighted by molar-refractivity contribution is 5.69. The van der Waals surface area contributed by atoms with Crippen LogP contribution in [0.2, 0.25) is 0 Å². The number of carbonyl (C=O) groups excluding carboxylic acids is 1. The van der Waals surface area contributed by atoms with Crippen molar-refractivity contribution in [3.8, 4) is 0 Å². The van der Waals surface area contributed by atoms with Gasteiger partial charge in [-0.25, -0.2) is 13.6 Å². The molecule has 15 heavy (non-hydrogen) atoms. The average Bonchev–Trinajstić information content (AvgIpc) is 2.24. The fraction of sp³-hybridized carbons (Fsp3) is 0.889. The van der Waals surface area contributed by atoms with Gasteiger partial charge in [-0.1, -0.05) is 0 Å². The van der Waals surface area contributed by atoms with E-state index in [9.17, 15) is 13.6 Å². The predicted octanol–water partition coefficient (Wildman–Crippen LogP) is 1.55. The van der Waals surface area contributed by atoms with Gasteiger partial charge in [0.05, 0.1) is 0 Å². The fourth-order valence-corrected chi connectivity index (χ4v) is 1.31. The summed E-state index contributed by atoms with van der Waals surface area (Å²) in [5.41, 5.74) is 4.55. The number of alkyl halides is 2. The fourth-order valence-electron chi connectivity index (χ4n) is 1.31. The van der Waals surface area contributed by atoms with Crippen molar-refractivity contribution in [2.75, 3.05) is 6.54 Å². The Morgan fingerprint density at radius 2 is 2.07 bits per heavy atom. The van der Waals surface area contributed by atoms with Crippen LogP contribution in [0.1, 0.15) is 27.2 Å². The molecular formula is C9H16F2N2O2. The molecule has 1 aliphatic rings. The van der Waals surface area contributed by atoms with Gasteiger partial charge >= 0.3 is 6.09 Å². The number of likely N-dealkylation sites (tertiary alicyclic amines) is 1. The second-order valence-corrected chi connectivity index (χ2v) is 4.63. The van der Waals surface area contributed by atoms with Crippen LogP contribution in [0.4, 0.5) is 13.6 Å².